The molecule has 1 aliphatic rings. The number of benzene rings is 2. The van der Waals surface area contributed by atoms with E-state index >= 15 is 0 Å². The van der Waals surface area contributed by atoms with Crippen molar-refractivity contribution in [2.24, 2.45) is 0 Å². The van der Waals surface area contributed by atoms with E-state index in [1.807, 2.05) is 6.07 Å². The van der Waals surface area contributed by atoms with E-state index in [4.69, 9.17) is 4.74 Å². The van der Waals surface area contributed by atoms with Crippen LogP contribution in [-0.4, -0.2) is 23.0 Å². The summed E-state index contributed by atoms with van der Waals surface area (Å²) in [5.74, 6) is 0.377. The van der Waals surface area contributed by atoms with E-state index < -0.39 is 6.10 Å². The van der Waals surface area contributed by atoms with Crippen LogP contribution in [0, 0.1) is 0 Å². The van der Waals surface area contributed by atoms with Crippen LogP contribution in [0.3, 0.4) is 0 Å². The molecule has 0 fully saturated rings. The van der Waals surface area contributed by atoms with E-state index in [2.05, 4.69) is 10.6 Å². The third-order valence-electron chi connectivity index (χ3n) is 3.81. The number of carbonyl (C=O) groups excluding carboxylic acids is 2. The summed E-state index contributed by atoms with van der Waals surface area (Å²) < 4.78 is 5.47. The zero-order chi connectivity index (χ0) is 17.1. The van der Waals surface area contributed by atoms with Gasteiger partial charge in [0.1, 0.15) is 11.5 Å². The number of carbonyl (C=O) groups is 2. The van der Waals surface area contributed by atoms with Crippen LogP contribution >= 0.6 is 0 Å². The summed E-state index contributed by atoms with van der Waals surface area (Å²) in [5.41, 5.74) is 1.85. The summed E-state index contributed by atoms with van der Waals surface area (Å²) in [6.45, 7) is 1.67. The van der Waals surface area contributed by atoms with Gasteiger partial charge in [-0.15, -0.1) is 0 Å². The zero-order valence-electron chi connectivity index (χ0n) is 13.2. The third kappa shape index (κ3) is 3.48. The molecule has 2 aromatic carbocycles. The Hall–Kier alpha value is -3.02. The molecule has 0 aliphatic carbocycles. The maximum Gasteiger partial charge on any atom is 0.265 e. The number of hydrogen-bond donors (Lipinski definition) is 3. The average Bonchev–Trinajstić information content (AvgIpc) is 2.55. The molecule has 124 valence electrons. The van der Waals surface area contributed by atoms with Crippen LogP contribution in [-0.2, 0) is 16.0 Å². The molecule has 0 aromatic heterocycles. The van der Waals surface area contributed by atoms with Crippen molar-refractivity contribution in [2.45, 2.75) is 25.9 Å². The molecule has 3 rings (SSSR count). The SMILES string of the molecule is CC1Oc2ccc(NC(=O)CCc3ccccc3O)cc2NC1=O. The number of nitrogens with one attached hydrogen (secondary N) is 2. The summed E-state index contributed by atoms with van der Waals surface area (Å²) in [4.78, 5) is 23.7. The first-order valence-corrected chi connectivity index (χ1v) is 7.71. The molecule has 1 aliphatic heterocycles. The van der Waals surface area contributed by atoms with Crippen molar-refractivity contribution in [3.05, 3.63) is 48.0 Å². The first-order chi connectivity index (χ1) is 11.5. The zero-order valence-corrected chi connectivity index (χ0v) is 13.2. The fraction of sp³-hybridized carbons (Fsp3) is 0.222. The van der Waals surface area contributed by atoms with Gasteiger partial charge in [0.25, 0.3) is 5.91 Å². The summed E-state index contributed by atoms with van der Waals surface area (Å²) in [6, 6.07) is 12.0. The third-order valence-corrected chi connectivity index (χ3v) is 3.81. The van der Waals surface area contributed by atoms with Gasteiger partial charge in [-0.1, -0.05) is 18.2 Å². The minimum Gasteiger partial charge on any atom is -0.508 e. The Labute approximate surface area is 139 Å². The topological polar surface area (TPSA) is 87.7 Å². The predicted molar refractivity (Wildman–Crippen MR) is 90.2 cm³/mol. The molecular formula is C18H18N2O4. The normalized spacial score (nSPS) is 15.9. The van der Waals surface area contributed by atoms with Gasteiger partial charge in [0.05, 0.1) is 5.69 Å². The Morgan fingerprint density at radius 3 is 2.88 bits per heavy atom. The number of para-hydroxylation sites is 1. The maximum absolute atomic E-state index is 12.1. The number of phenolic OH excluding ortho intramolecular Hbond substituents is 1. The molecule has 2 amide bonds. The van der Waals surface area contributed by atoms with Gasteiger partial charge in [-0.3, -0.25) is 9.59 Å². The van der Waals surface area contributed by atoms with Gasteiger partial charge >= 0.3 is 0 Å². The molecule has 0 spiro atoms. The second-order valence-corrected chi connectivity index (χ2v) is 5.64. The fourth-order valence-corrected chi connectivity index (χ4v) is 2.48. The lowest BCUT2D eigenvalue weighted by Gasteiger charge is -2.23. The lowest BCUT2D eigenvalue weighted by Crippen LogP contribution is -2.34. The molecule has 1 atom stereocenters. The van der Waals surface area contributed by atoms with Crippen LogP contribution in [0.15, 0.2) is 42.5 Å². The van der Waals surface area contributed by atoms with Crippen LogP contribution in [0.2, 0.25) is 0 Å². The Morgan fingerprint density at radius 2 is 2.08 bits per heavy atom. The quantitative estimate of drug-likeness (QED) is 0.806. The van der Waals surface area contributed by atoms with Crippen LogP contribution < -0.4 is 15.4 Å². The highest BCUT2D eigenvalue weighted by Gasteiger charge is 2.23. The molecule has 2 aromatic rings. The van der Waals surface area contributed by atoms with Crippen molar-refractivity contribution in [1.82, 2.24) is 0 Å². The van der Waals surface area contributed by atoms with Gasteiger partial charge in [-0.2, -0.15) is 0 Å². The molecule has 1 heterocycles. The minimum atomic E-state index is -0.531. The highest BCUT2D eigenvalue weighted by atomic mass is 16.5. The summed E-state index contributed by atoms with van der Waals surface area (Å²) in [5, 5.41) is 15.2. The lowest BCUT2D eigenvalue weighted by molar-refractivity contribution is -0.122. The second-order valence-electron chi connectivity index (χ2n) is 5.64. The lowest BCUT2D eigenvalue weighted by atomic mass is 10.1. The molecule has 24 heavy (non-hydrogen) atoms. The Bertz CT molecular complexity index is 788. The standard InChI is InChI=1S/C18H18N2O4/c1-11-18(23)20-14-10-13(7-8-16(14)24-11)19-17(22)9-6-12-4-2-3-5-15(12)21/h2-5,7-8,10-11,21H,6,9H2,1H3,(H,19,22)(H,20,23). The van der Waals surface area contributed by atoms with Gasteiger partial charge < -0.3 is 20.5 Å². The van der Waals surface area contributed by atoms with Gasteiger partial charge in [-0.05, 0) is 43.2 Å². The molecule has 6 nitrogen and oxygen atoms in total. The number of aromatic hydroxyl groups is 1. The number of anilines is 2. The van der Waals surface area contributed by atoms with E-state index in [1.54, 1.807) is 43.3 Å². The van der Waals surface area contributed by atoms with Crippen LogP contribution in [0.1, 0.15) is 18.9 Å². The van der Waals surface area contributed by atoms with E-state index in [1.165, 1.54) is 0 Å². The second kappa shape index (κ2) is 6.62. The Balaban J connectivity index is 1.62. The number of hydrogen-bond acceptors (Lipinski definition) is 4. The summed E-state index contributed by atoms with van der Waals surface area (Å²) in [7, 11) is 0. The van der Waals surface area contributed by atoms with Crippen LogP contribution in [0.5, 0.6) is 11.5 Å². The molecule has 3 N–H and O–H groups in total. The number of rotatable bonds is 4. The molecular weight excluding hydrogens is 308 g/mol. The van der Waals surface area contributed by atoms with Gasteiger partial charge in [0.2, 0.25) is 5.91 Å². The van der Waals surface area contributed by atoms with Crippen molar-refractivity contribution in [2.75, 3.05) is 10.6 Å². The Kier molecular flexibility index (Phi) is 4.37. The first kappa shape index (κ1) is 15.9. The molecule has 6 heteroatoms. The number of fused-ring (bicyclic) bond motifs is 1. The molecule has 0 saturated carbocycles. The van der Waals surface area contributed by atoms with Crippen LogP contribution in [0.4, 0.5) is 11.4 Å². The fourth-order valence-electron chi connectivity index (χ4n) is 2.48. The Morgan fingerprint density at radius 1 is 1.29 bits per heavy atom. The summed E-state index contributed by atoms with van der Waals surface area (Å²) in [6.07, 6.45) is 0.159. The van der Waals surface area contributed by atoms with Crippen molar-refractivity contribution in [3.63, 3.8) is 0 Å². The number of ether oxygens (including phenoxy) is 1. The smallest absolute Gasteiger partial charge is 0.265 e. The van der Waals surface area contributed by atoms with Gasteiger partial charge in [0.15, 0.2) is 6.10 Å². The number of phenols is 1. The summed E-state index contributed by atoms with van der Waals surface area (Å²) >= 11 is 0. The van der Waals surface area contributed by atoms with Gasteiger partial charge in [-0.25, -0.2) is 0 Å². The number of amides is 2. The molecule has 0 radical (unpaired) electrons. The predicted octanol–water partition coefficient (Wildman–Crippen LogP) is 2.68. The molecule has 1 unspecified atom stereocenters. The number of aryl methyl sites for hydroxylation is 1. The van der Waals surface area contributed by atoms with Crippen molar-refractivity contribution in [3.8, 4) is 11.5 Å². The largest absolute Gasteiger partial charge is 0.508 e. The van der Waals surface area contributed by atoms with Crippen molar-refractivity contribution >= 4 is 23.2 Å². The van der Waals surface area contributed by atoms with Crippen molar-refractivity contribution in [1.29, 1.82) is 0 Å². The minimum absolute atomic E-state index is 0.172. The van der Waals surface area contributed by atoms with Crippen LogP contribution in [0.25, 0.3) is 0 Å². The first-order valence-electron chi connectivity index (χ1n) is 7.71. The highest BCUT2D eigenvalue weighted by molar-refractivity contribution is 5.99. The van der Waals surface area contributed by atoms with Gasteiger partial charge in [0, 0.05) is 12.1 Å². The van der Waals surface area contributed by atoms with E-state index in [0.29, 0.717) is 23.5 Å². The molecule has 0 bridgehead atoms. The molecule has 0 saturated heterocycles. The van der Waals surface area contributed by atoms with Crippen molar-refractivity contribution < 1.29 is 19.4 Å². The monoisotopic (exact) mass is 326 g/mol. The highest BCUT2D eigenvalue weighted by Crippen LogP contribution is 2.32. The van der Waals surface area contributed by atoms with E-state index in [-0.39, 0.29) is 24.0 Å². The van der Waals surface area contributed by atoms with E-state index in [9.17, 15) is 14.7 Å². The average molecular weight is 326 g/mol. The van der Waals surface area contributed by atoms with E-state index in [0.717, 1.165) is 5.56 Å². The maximum atomic E-state index is 12.1.